The Kier molecular flexibility index (Phi) is 2.88. The van der Waals surface area contributed by atoms with E-state index in [9.17, 15) is 9.59 Å². The number of benzene rings is 1. The van der Waals surface area contributed by atoms with Crippen LogP contribution in [0.2, 0.25) is 10.0 Å². The van der Waals surface area contributed by atoms with E-state index in [-0.39, 0.29) is 17.4 Å². The van der Waals surface area contributed by atoms with E-state index < -0.39 is 11.9 Å². The van der Waals surface area contributed by atoms with E-state index >= 15 is 0 Å². The molecule has 6 heteroatoms. The van der Waals surface area contributed by atoms with Crippen molar-refractivity contribution in [2.75, 3.05) is 4.90 Å². The van der Waals surface area contributed by atoms with Crippen molar-refractivity contribution in [3.8, 4) is 0 Å². The van der Waals surface area contributed by atoms with Crippen molar-refractivity contribution in [1.29, 1.82) is 0 Å². The fourth-order valence-electron chi connectivity index (χ4n) is 1.57. The van der Waals surface area contributed by atoms with E-state index in [1.165, 1.54) is 12.1 Å². The van der Waals surface area contributed by atoms with Crippen molar-refractivity contribution in [2.45, 2.75) is 12.5 Å². The van der Waals surface area contributed by atoms with Crippen LogP contribution in [-0.2, 0) is 9.59 Å². The third-order valence-corrected chi connectivity index (χ3v) is 2.87. The maximum atomic E-state index is 11.6. The van der Waals surface area contributed by atoms with Gasteiger partial charge < -0.3 is 5.73 Å². The number of halogens is 2. The summed E-state index contributed by atoms with van der Waals surface area (Å²) in [6.45, 7) is 0. The van der Waals surface area contributed by atoms with Crippen molar-refractivity contribution in [3.63, 3.8) is 0 Å². The third-order valence-electron chi connectivity index (χ3n) is 2.33. The predicted molar refractivity (Wildman–Crippen MR) is 61.5 cm³/mol. The lowest BCUT2D eigenvalue weighted by molar-refractivity contribution is -0.121. The smallest absolute Gasteiger partial charge is 0.251 e. The SMILES string of the molecule is NC1CC(=O)N(c2ccc(Cl)cc2Cl)C1=O. The molecule has 0 aliphatic carbocycles. The van der Waals surface area contributed by atoms with Gasteiger partial charge in [-0.15, -0.1) is 0 Å². The highest BCUT2D eigenvalue weighted by molar-refractivity contribution is 6.38. The quantitative estimate of drug-likeness (QED) is 0.779. The third kappa shape index (κ3) is 1.80. The first-order valence-corrected chi connectivity index (χ1v) is 5.33. The van der Waals surface area contributed by atoms with E-state index in [1.54, 1.807) is 6.07 Å². The minimum Gasteiger partial charge on any atom is -0.319 e. The summed E-state index contributed by atoms with van der Waals surface area (Å²) in [4.78, 5) is 24.2. The second-order valence-electron chi connectivity index (χ2n) is 3.47. The van der Waals surface area contributed by atoms with Gasteiger partial charge in [-0.25, -0.2) is 4.90 Å². The Morgan fingerprint density at radius 1 is 1.31 bits per heavy atom. The largest absolute Gasteiger partial charge is 0.319 e. The highest BCUT2D eigenvalue weighted by Crippen LogP contribution is 2.31. The zero-order valence-electron chi connectivity index (χ0n) is 8.11. The number of carbonyl (C=O) groups is 2. The van der Waals surface area contributed by atoms with E-state index in [0.717, 1.165) is 4.90 Å². The molecule has 1 aliphatic rings. The summed E-state index contributed by atoms with van der Waals surface area (Å²) in [5.41, 5.74) is 5.82. The van der Waals surface area contributed by atoms with Gasteiger partial charge in [-0.3, -0.25) is 9.59 Å². The number of nitrogens with two attached hydrogens (primary N) is 1. The lowest BCUT2D eigenvalue weighted by atomic mass is 10.3. The van der Waals surface area contributed by atoms with Gasteiger partial charge >= 0.3 is 0 Å². The fraction of sp³-hybridized carbons (Fsp3) is 0.200. The number of anilines is 1. The molecule has 84 valence electrons. The summed E-state index contributed by atoms with van der Waals surface area (Å²) in [7, 11) is 0. The van der Waals surface area contributed by atoms with Crippen LogP contribution in [0.3, 0.4) is 0 Å². The van der Waals surface area contributed by atoms with Crippen molar-refractivity contribution in [3.05, 3.63) is 28.2 Å². The number of hydrogen-bond acceptors (Lipinski definition) is 3. The zero-order valence-corrected chi connectivity index (χ0v) is 9.63. The summed E-state index contributed by atoms with van der Waals surface area (Å²) in [5, 5.41) is 0.695. The lowest BCUT2D eigenvalue weighted by Gasteiger charge is -2.15. The standard InChI is InChI=1S/C10H8Cl2N2O2/c11-5-1-2-8(6(12)3-5)14-9(15)4-7(13)10(14)16/h1-3,7H,4,13H2. The van der Waals surface area contributed by atoms with E-state index in [0.29, 0.717) is 10.7 Å². The Bertz CT molecular complexity index is 476. The molecule has 0 spiro atoms. The molecule has 1 unspecified atom stereocenters. The number of rotatable bonds is 1. The molecule has 1 aromatic carbocycles. The molecule has 1 aliphatic heterocycles. The van der Waals surface area contributed by atoms with Gasteiger partial charge in [-0.2, -0.15) is 0 Å². The molecule has 2 N–H and O–H groups in total. The summed E-state index contributed by atoms with van der Waals surface area (Å²) < 4.78 is 0. The Balaban J connectivity index is 2.45. The second kappa shape index (κ2) is 4.05. The molecule has 1 atom stereocenters. The highest BCUT2D eigenvalue weighted by atomic mass is 35.5. The Morgan fingerprint density at radius 3 is 2.50 bits per heavy atom. The van der Waals surface area contributed by atoms with Gasteiger partial charge in [0.2, 0.25) is 5.91 Å². The van der Waals surface area contributed by atoms with Gasteiger partial charge in [0, 0.05) is 5.02 Å². The molecule has 1 fully saturated rings. The van der Waals surface area contributed by atoms with Gasteiger partial charge in [0.25, 0.3) is 5.91 Å². The van der Waals surface area contributed by atoms with Crippen LogP contribution in [0, 0.1) is 0 Å². The van der Waals surface area contributed by atoms with Crippen molar-refractivity contribution in [1.82, 2.24) is 0 Å². The maximum Gasteiger partial charge on any atom is 0.251 e. The van der Waals surface area contributed by atoms with Gasteiger partial charge in [0.05, 0.1) is 23.2 Å². The molecular weight excluding hydrogens is 251 g/mol. The molecule has 4 nitrogen and oxygen atoms in total. The van der Waals surface area contributed by atoms with Crippen LogP contribution in [0.4, 0.5) is 5.69 Å². The van der Waals surface area contributed by atoms with Crippen molar-refractivity contribution in [2.24, 2.45) is 5.73 Å². The molecule has 0 bridgehead atoms. The molecular formula is C10H8Cl2N2O2. The number of hydrogen-bond donors (Lipinski definition) is 1. The number of nitrogens with zero attached hydrogens (tertiary/aromatic N) is 1. The Labute approximate surface area is 102 Å². The maximum absolute atomic E-state index is 11.6. The minimum absolute atomic E-state index is 0.0117. The molecule has 1 aromatic rings. The average molecular weight is 259 g/mol. The van der Waals surface area contributed by atoms with Crippen LogP contribution >= 0.6 is 23.2 Å². The topological polar surface area (TPSA) is 63.4 Å². The van der Waals surface area contributed by atoms with Crippen LogP contribution in [0.1, 0.15) is 6.42 Å². The van der Waals surface area contributed by atoms with Crippen LogP contribution in [0.5, 0.6) is 0 Å². The number of carbonyl (C=O) groups excluding carboxylic acids is 2. The molecule has 1 saturated heterocycles. The number of amides is 2. The minimum atomic E-state index is -0.778. The molecule has 0 aromatic heterocycles. The van der Waals surface area contributed by atoms with Crippen molar-refractivity contribution < 1.29 is 9.59 Å². The molecule has 0 radical (unpaired) electrons. The van der Waals surface area contributed by atoms with Crippen LogP contribution in [-0.4, -0.2) is 17.9 Å². The lowest BCUT2D eigenvalue weighted by Crippen LogP contribution is -2.35. The Morgan fingerprint density at radius 2 is 2.00 bits per heavy atom. The fourth-order valence-corrected chi connectivity index (χ4v) is 2.06. The van der Waals surface area contributed by atoms with E-state index in [4.69, 9.17) is 28.9 Å². The van der Waals surface area contributed by atoms with E-state index in [2.05, 4.69) is 0 Å². The molecule has 2 rings (SSSR count). The molecule has 1 heterocycles. The molecule has 2 amide bonds. The zero-order chi connectivity index (χ0) is 11.9. The summed E-state index contributed by atoms with van der Waals surface area (Å²) >= 11 is 11.6. The normalized spacial score (nSPS) is 20.7. The predicted octanol–water partition coefficient (Wildman–Crippen LogP) is 1.58. The van der Waals surface area contributed by atoms with Crippen LogP contribution in [0.15, 0.2) is 18.2 Å². The van der Waals surface area contributed by atoms with Gasteiger partial charge in [-0.1, -0.05) is 23.2 Å². The first-order chi connectivity index (χ1) is 7.50. The number of imide groups is 1. The van der Waals surface area contributed by atoms with Crippen LogP contribution < -0.4 is 10.6 Å². The average Bonchev–Trinajstić information content (AvgIpc) is 2.43. The summed E-state index contributed by atoms with van der Waals surface area (Å²) in [6, 6.07) is 3.79. The van der Waals surface area contributed by atoms with E-state index in [1.807, 2.05) is 0 Å². The second-order valence-corrected chi connectivity index (χ2v) is 4.32. The summed E-state index contributed by atoms with van der Waals surface area (Å²) in [6.07, 6.45) is 0.0117. The highest BCUT2D eigenvalue weighted by Gasteiger charge is 2.38. The van der Waals surface area contributed by atoms with Crippen molar-refractivity contribution >= 4 is 40.7 Å². The monoisotopic (exact) mass is 258 g/mol. The van der Waals surface area contributed by atoms with Gasteiger partial charge in [0.1, 0.15) is 0 Å². The van der Waals surface area contributed by atoms with Gasteiger partial charge in [-0.05, 0) is 18.2 Å². The first kappa shape index (κ1) is 11.4. The molecule has 16 heavy (non-hydrogen) atoms. The molecule has 0 saturated carbocycles. The first-order valence-electron chi connectivity index (χ1n) is 4.58. The van der Waals surface area contributed by atoms with Crippen LogP contribution in [0.25, 0.3) is 0 Å². The van der Waals surface area contributed by atoms with Gasteiger partial charge in [0.15, 0.2) is 0 Å². The summed E-state index contributed by atoms with van der Waals surface area (Å²) in [5.74, 6) is -0.782. The Hall–Kier alpha value is -1.10.